The van der Waals surface area contributed by atoms with Crippen LogP contribution in [0.5, 0.6) is 0 Å². The van der Waals surface area contributed by atoms with Crippen molar-refractivity contribution in [3.05, 3.63) is 63.4 Å². The van der Waals surface area contributed by atoms with Crippen LogP contribution in [0.4, 0.5) is 5.69 Å². The first-order chi connectivity index (χ1) is 14.5. The first-order valence-corrected chi connectivity index (χ1v) is 11.3. The van der Waals surface area contributed by atoms with E-state index >= 15 is 0 Å². The van der Waals surface area contributed by atoms with Crippen LogP contribution in [0.2, 0.25) is 0 Å². The van der Waals surface area contributed by atoms with E-state index in [0.29, 0.717) is 22.9 Å². The first-order valence-electron chi connectivity index (χ1n) is 9.59. The number of hydrogen-bond donors (Lipinski definition) is 1. The minimum Gasteiger partial charge on any atom is -0.325 e. The molecule has 0 bridgehead atoms. The summed E-state index contributed by atoms with van der Waals surface area (Å²) < 4.78 is 4.40. The normalized spacial score (nSPS) is 12.4. The molecule has 2 aromatic heterocycles. The number of thioether (sulfide) groups is 1. The van der Waals surface area contributed by atoms with E-state index in [-0.39, 0.29) is 11.5 Å². The number of rotatable bonds is 6. The topological polar surface area (TPSA) is 81.3 Å². The molecule has 0 saturated carbocycles. The van der Waals surface area contributed by atoms with Crippen molar-refractivity contribution in [3.63, 3.8) is 0 Å². The highest BCUT2D eigenvalue weighted by Gasteiger charge is 2.21. The molecule has 4 rings (SSSR count). The van der Waals surface area contributed by atoms with Crippen LogP contribution >= 0.6 is 27.7 Å². The van der Waals surface area contributed by atoms with E-state index in [1.165, 1.54) is 11.8 Å². The van der Waals surface area contributed by atoms with E-state index < -0.39 is 5.25 Å². The van der Waals surface area contributed by atoms with E-state index in [9.17, 15) is 9.59 Å². The lowest BCUT2D eigenvalue weighted by atomic mass is 10.2. The van der Waals surface area contributed by atoms with Crippen LogP contribution in [0.15, 0.2) is 63.0 Å². The van der Waals surface area contributed by atoms with Gasteiger partial charge in [0.1, 0.15) is 0 Å². The lowest BCUT2D eigenvalue weighted by Crippen LogP contribution is -2.24. The summed E-state index contributed by atoms with van der Waals surface area (Å²) in [4.78, 5) is 25.6. The zero-order valence-corrected chi connectivity index (χ0v) is 18.9. The van der Waals surface area contributed by atoms with Crippen molar-refractivity contribution in [3.8, 4) is 0 Å². The van der Waals surface area contributed by atoms with Crippen molar-refractivity contribution >= 4 is 56.0 Å². The lowest BCUT2D eigenvalue weighted by Gasteiger charge is -2.13. The maximum Gasteiger partial charge on any atom is 0.262 e. The predicted molar refractivity (Wildman–Crippen MR) is 123 cm³/mol. The number of carbonyl (C=O) groups excluding carboxylic acids is 1. The summed E-state index contributed by atoms with van der Waals surface area (Å²) in [6, 6.07) is 14.9. The Kier molecular flexibility index (Phi) is 5.92. The summed E-state index contributed by atoms with van der Waals surface area (Å²) >= 11 is 4.72. The number of aromatic nitrogens is 4. The highest BCUT2D eigenvalue weighted by Crippen LogP contribution is 2.26. The predicted octanol–water partition coefficient (Wildman–Crippen LogP) is 4.34. The van der Waals surface area contributed by atoms with Gasteiger partial charge in [-0.3, -0.25) is 18.6 Å². The van der Waals surface area contributed by atoms with Crippen LogP contribution in [0.25, 0.3) is 16.7 Å². The number of para-hydroxylation sites is 1. The summed E-state index contributed by atoms with van der Waals surface area (Å²) in [5.74, 6) is 0.351. The number of benzene rings is 2. The molecular weight excluding hydrogens is 466 g/mol. The van der Waals surface area contributed by atoms with Gasteiger partial charge in [-0.1, -0.05) is 52.8 Å². The Morgan fingerprint density at radius 2 is 2.00 bits per heavy atom. The molecule has 7 nitrogen and oxygen atoms in total. The number of fused-ring (bicyclic) bond motifs is 3. The number of amides is 1. The van der Waals surface area contributed by atoms with Crippen LogP contribution in [0.1, 0.15) is 20.3 Å². The highest BCUT2D eigenvalue weighted by atomic mass is 79.9. The Hall–Kier alpha value is -2.65. The third kappa shape index (κ3) is 3.87. The Balaban J connectivity index is 1.71. The minimum atomic E-state index is -0.415. The van der Waals surface area contributed by atoms with Crippen molar-refractivity contribution in [2.75, 3.05) is 5.32 Å². The van der Waals surface area contributed by atoms with Gasteiger partial charge < -0.3 is 5.32 Å². The molecule has 0 fully saturated rings. The van der Waals surface area contributed by atoms with Gasteiger partial charge in [-0.2, -0.15) is 0 Å². The van der Waals surface area contributed by atoms with Gasteiger partial charge >= 0.3 is 0 Å². The van der Waals surface area contributed by atoms with E-state index in [2.05, 4.69) is 31.4 Å². The maximum absolute atomic E-state index is 12.9. The number of hydrogen-bond acceptors (Lipinski definition) is 5. The number of carbonyl (C=O) groups is 1. The molecule has 0 spiro atoms. The summed E-state index contributed by atoms with van der Waals surface area (Å²) in [6.45, 7) is 4.39. The van der Waals surface area contributed by atoms with Crippen molar-refractivity contribution in [2.24, 2.45) is 0 Å². The van der Waals surface area contributed by atoms with Gasteiger partial charge in [-0.05, 0) is 43.7 Å². The fraction of sp³-hybridized carbons (Fsp3) is 0.238. The summed E-state index contributed by atoms with van der Waals surface area (Å²) in [6.07, 6.45) is 0.800. The average molecular weight is 486 g/mol. The molecule has 1 atom stereocenters. The second kappa shape index (κ2) is 8.61. The second-order valence-electron chi connectivity index (χ2n) is 6.85. The third-order valence-corrected chi connectivity index (χ3v) is 6.20. The van der Waals surface area contributed by atoms with Gasteiger partial charge in [0.2, 0.25) is 11.7 Å². The van der Waals surface area contributed by atoms with Crippen LogP contribution in [-0.4, -0.2) is 30.3 Å². The van der Waals surface area contributed by atoms with Crippen molar-refractivity contribution in [2.45, 2.75) is 37.2 Å². The highest BCUT2D eigenvalue weighted by molar-refractivity contribution is 9.10. The Morgan fingerprint density at radius 3 is 2.77 bits per heavy atom. The average Bonchev–Trinajstić information content (AvgIpc) is 3.14. The van der Waals surface area contributed by atoms with E-state index in [1.807, 2.05) is 60.7 Å². The maximum atomic E-state index is 12.9. The number of nitrogens with zero attached hydrogens (tertiary/aromatic N) is 4. The van der Waals surface area contributed by atoms with Gasteiger partial charge in [-0.15, -0.1) is 10.2 Å². The fourth-order valence-corrected chi connectivity index (χ4v) is 4.51. The molecule has 2 aromatic carbocycles. The molecule has 0 aliphatic heterocycles. The van der Waals surface area contributed by atoms with Gasteiger partial charge in [0.25, 0.3) is 5.56 Å². The number of aryl methyl sites for hydroxylation is 1. The van der Waals surface area contributed by atoms with Crippen molar-refractivity contribution in [1.82, 2.24) is 19.2 Å². The smallest absolute Gasteiger partial charge is 0.262 e. The molecule has 0 radical (unpaired) electrons. The molecule has 0 saturated heterocycles. The van der Waals surface area contributed by atoms with Crippen molar-refractivity contribution < 1.29 is 4.79 Å². The molecule has 1 amide bonds. The quantitative estimate of drug-likeness (QED) is 0.411. The first kappa shape index (κ1) is 20.6. The SMILES string of the molecule is CCCn1c(=O)c2ccccc2n2c(SC(C)C(=O)Nc3cccc(Br)c3)nnc12. The van der Waals surface area contributed by atoms with Crippen LogP contribution < -0.4 is 10.9 Å². The number of halogens is 1. The second-order valence-corrected chi connectivity index (χ2v) is 9.08. The molecule has 0 aliphatic rings. The monoisotopic (exact) mass is 485 g/mol. The third-order valence-electron chi connectivity index (χ3n) is 4.67. The lowest BCUT2D eigenvalue weighted by molar-refractivity contribution is -0.115. The van der Waals surface area contributed by atoms with Gasteiger partial charge in [0, 0.05) is 16.7 Å². The molecule has 30 heavy (non-hydrogen) atoms. The summed E-state index contributed by atoms with van der Waals surface area (Å²) in [5, 5.41) is 12.3. The zero-order chi connectivity index (χ0) is 21.3. The molecule has 9 heteroatoms. The number of anilines is 1. The van der Waals surface area contributed by atoms with Gasteiger partial charge in [0.05, 0.1) is 16.2 Å². The van der Waals surface area contributed by atoms with Gasteiger partial charge in [0.15, 0.2) is 5.16 Å². The molecular formula is C21H20BrN5O2S. The Labute approximate surface area is 185 Å². The van der Waals surface area contributed by atoms with Crippen LogP contribution in [-0.2, 0) is 11.3 Å². The van der Waals surface area contributed by atoms with E-state index in [1.54, 1.807) is 10.6 Å². The zero-order valence-electron chi connectivity index (χ0n) is 16.5. The summed E-state index contributed by atoms with van der Waals surface area (Å²) in [5.41, 5.74) is 1.37. The minimum absolute atomic E-state index is 0.0793. The van der Waals surface area contributed by atoms with E-state index in [4.69, 9.17) is 0 Å². The molecule has 2 heterocycles. The Bertz CT molecular complexity index is 1300. The largest absolute Gasteiger partial charge is 0.325 e. The molecule has 154 valence electrons. The molecule has 0 aliphatic carbocycles. The van der Waals surface area contributed by atoms with Crippen LogP contribution in [0, 0.1) is 0 Å². The Morgan fingerprint density at radius 1 is 1.20 bits per heavy atom. The fourth-order valence-electron chi connectivity index (χ4n) is 3.26. The van der Waals surface area contributed by atoms with E-state index in [0.717, 1.165) is 22.1 Å². The standard InChI is InChI=1S/C21H20BrN5O2S/c1-3-11-26-19(29)16-9-4-5-10-17(16)27-20(26)24-25-21(27)30-13(2)18(28)23-15-8-6-7-14(22)12-15/h4-10,12-13H,3,11H2,1-2H3,(H,23,28). The summed E-state index contributed by atoms with van der Waals surface area (Å²) in [7, 11) is 0. The van der Waals surface area contributed by atoms with Crippen LogP contribution in [0.3, 0.4) is 0 Å². The number of nitrogens with one attached hydrogen (secondary N) is 1. The molecule has 4 aromatic rings. The molecule has 1 unspecified atom stereocenters. The van der Waals surface area contributed by atoms with Crippen molar-refractivity contribution in [1.29, 1.82) is 0 Å². The van der Waals surface area contributed by atoms with Gasteiger partial charge in [-0.25, -0.2) is 0 Å². The molecule has 1 N–H and O–H groups in total.